The lowest BCUT2D eigenvalue weighted by Crippen LogP contribution is -2.30. The van der Waals surface area contributed by atoms with Gasteiger partial charge in [0.1, 0.15) is 6.33 Å². The van der Waals surface area contributed by atoms with Crippen LogP contribution in [0.2, 0.25) is 0 Å². The van der Waals surface area contributed by atoms with Crippen LogP contribution in [0.1, 0.15) is 12.5 Å². The summed E-state index contributed by atoms with van der Waals surface area (Å²) in [5, 5.41) is 10.9. The third kappa shape index (κ3) is 3.34. The molecule has 1 aromatic heterocycles. The highest BCUT2D eigenvalue weighted by molar-refractivity contribution is 7.89. The van der Waals surface area contributed by atoms with Crippen molar-refractivity contribution >= 4 is 10.0 Å². The van der Waals surface area contributed by atoms with Crippen molar-refractivity contribution in [1.29, 1.82) is 0 Å². The smallest absolute Gasteiger partial charge is 0.207 e. The summed E-state index contributed by atoms with van der Waals surface area (Å²) in [6.07, 6.45) is 1.42. The number of rotatable bonds is 6. The molecular formula is C16H17N5O2S. The molecular weight excluding hydrogens is 326 g/mol. The third-order valence-electron chi connectivity index (χ3n) is 3.62. The van der Waals surface area contributed by atoms with Gasteiger partial charge in [-0.3, -0.25) is 0 Å². The molecule has 0 aliphatic heterocycles. The Kier molecular flexibility index (Phi) is 4.68. The maximum Gasteiger partial charge on any atom is 0.243 e. The third-order valence-corrected chi connectivity index (χ3v) is 5.54. The van der Waals surface area contributed by atoms with Gasteiger partial charge in [-0.15, -0.1) is 5.10 Å². The molecule has 24 heavy (non-hydrogen) atoms. The fourth-order valence-corrected chi connectivity index (χ4v) is 3.85. The van der Waals surface area contributed by atoms with Crippen LogP contribution >= 0.6 is 0 Å². The fourth-order valence-electron chi connectivity index (χ4n) is 2.37. The topological polar surface area (TPSA) is 81.0 Å². The molecule has 8 heteroatoms. The number of tetrazole rings is 1. The van der Waals surface area contributed by atoms with E-state index < -0.39 is 10.0 Å². The van der Waals surface area contributed by atoms with Crippen molar-refractivity contribution in [2.75, 3.05) is 6.54 Å². The molecule has 0 unspecified atom stereocenters. The molecule has 0 aliphatic rings. The quantitative estimate of drug-likeness (QED) is 0.682. The van der Waals surface area contributed by atoms with Crippen LogP contribution in [0, 0.1) is 0 Å². The molecule has 124 valence electrons. The number of aromatic nitrogens is 4. The van der Waals surface area contributed by atoms with Crippen molar-refractivity contribution < 1.29 is 8.42 Å². The maximum atomic E-state index is 13.0. The zero-order valence-corrected chi connectivity index (χ0v) is 14.0. The van der Waals surface area contributed by atoms with Crippen molar-refractivity contribution in [1.82, 2.24) is 24.5 Å². The Morgan fingerprint density at radius 3 is 2.54 bits per heavy atom. The molecule has 0 bridgehead atoms. The van der Waals surface area contributed by atoms with Crippen LogP contribution in [0.15, 0.2) is 65.8 Å². The Balaban J connectivity index is 1.92. The van der Waals surface area contributed by atoms with Crippen LogP contribution in [0.3, 0.4) is 0 Å². The average molecular weight is 343 g/mol. The van der Waals surface area contributed by atoms with Crippen molar-refractivity contribution in [2.45, 2.75) is 18.4 Å². The normalized spacial score (nSPS) is 11.8. The zero-order chi connectivity index (χ0) is 17.0. The van der Waals surface area contributed by atoms with Crippen LogP contribution < -0.4 is 0 Å². The van der Waals surface area contributed by atoms with Gasteiger partial charge < -0.3 is 0 Å². The fraction of sp³-hybridized carbons (Fsp3) is 0.188. The SMILES string of the molecule is CCN(Cc1ccccc1)S(=O)(=O)c1cccc(-n2cnnn2)c1. The van der Waals surface area contributed by atoms with Crippen LogP contribution in [0.5, 0.6) is 0 Å². The van der Waals surface area contributed by atoms with Gasteiger partial charge in [0.2, 0.25) is 10.0 Å². The summed E-state index contributed by atoms with van der Waals surface area (Å²) in [5.41, 5.74) is 1.54. The van der Waals surface area contributed by atoms with Crippen molar-refractivity contribution in [3.05, 3.63) is 66.5 Å². The van der Waals surface area contributed by atoms with E-state index in [-0.39, 0.29) is 4.90 Å². The van der Waals surface area contributed by atoms with Crippen LogP contribution in [-0.2, 0) is 16.6 Å². The second kappa shape index (κ2) is 6.90. The van der Waals surface area contributed by atoms with Gasteiger partial charge in [-0.1, -0.05) is 43.3 Å². The number of sulfonamides is 1. The molecule has 0 saturated carbocycles. The molecule has 0 fully saturated rings. The number of hydrogen-bond donors (Lipinski definition) is 0. The monoisotopic (exact) mass is 343 g/mol. The number of hydrogen-bond acceptors (Lipinski definition) is 5. The summed E-state index contributed by atoms with van der Waals surface area (Å²) in [6, 6.07) is 16.1. The summed E-state index contributed by atoms with van der Waals surface area (Å²) in [7, 11) is -3.61. The predicted molar refractivity (Wildman–Crippen MR) is 88.9 cm³/mol. The van der Waals surface area contributed by atoms with Crippen molar-refractivity contribution in [3.63, 3.8) is 0 Å². The average Bonchev–Trinajstić information content (AvgIpc) is 3.15. The second-order valence-corrected chi connectivity index (χ2v) is 7.11. The Morgan fingerprint density at radius 1 is 1.08 bits per heavy atom. The van der Waals surface area contributed by atoms with Crippen LogP contribution in [0.25, 0.3) is 5.69 Å². The Bertz CT molecular complexity index is 895. The lowest BCUT2D eigenvalue weighted by Gasteiger charge is -2.21. The molecule has 2 aromatic carbocycles. The summed E-state index contributed by atoms with van der Waals surface area (Å²) in [6.45, 7) is 2.53. The molecule has 7 nitrogen and oxygen atoms in total. The Labute approximate surface area is 140 Å². The lowest BCUT2D eigenvalue weighted by molar-refractivity contribution is 0.423. The Hall–Kier alpha value is -2.58. The predicted octanol–water partition coefficient (Wildman–Crippen LogP) is 1.87. The molecule has 0 radical (unpaired) electrons. The van der Waals surface area contributed by atoms with E-state index in [0.29, 0.717) is 18.8 Å². The first-order valence-electron chi connectivity index (χ1n) is 7.49. The first-order valence-corrected chi connectivity index (χ1v) is 8.93. The molecule has 3 aromatic rings. The van der Waals surface area contributed by atoms with Gasteiger partial charge in [0.05, 0.1) is 10.6 Å². The Morgan fingerprint density at radius 2 is 1.88 bits per heavy atom. The maximum absolute atomic E-state index is 13.0. The summed E-state index contributed by atoms with van der Waals surface area (Å²) in [4.78, 5) is 0.216. The summed E-state index contributed by atoms with van der Waals surface area (Å²) in [5.74, 6) is 0. The van der Waals surface area contributed by atoms with Gasteiger partial charge in [0, 0.05) is 13.1 Å². The van der Waals surface area contributed by atoms with Crippen LogP contribution in [0.4, 0.5) is 0 Å². The minimum absolute atomic E-state index is 0.216. The van der Waals surface area contributed by atoms with Crippen molar-refractivity contribution in [3.8, 4) is 5.69 Å². The first kappa shape index (κ1) is 16.3. The summed E-state index contributed by atoms with van der Waals surface area (Å²) >= 11 is 0. The largest absolute Gasteiger partial charge is 0.243 e. The molecule has 1 heterocycles. The van der Waals surface area contributed by atoms with Gasteiger partial charge in [0.15, 0.2) is 0 Å². The molecule has 3 rings (SSSR count). The van der Waals surface area contributed by atoms with Gasteiger partial charge in [0.25, 0.3) is 0 Å². The standard InChI is InChI=1S/C16H17N5O2S/c1-2-20(12-14-7-4-3-5-8-14)24(22,23)16-10-6-9-15(11-16)21-13-17-18-19-21/h3-11,13H,2,12H2,1H3. The molecule has 0 N–H and O–H groups in total. The van der Waals surface area contributed by atoms with E-state index in [0.717, 1.165) is 5.56 Å². The van der Waals surface area contributed by atoms with Crippen molar-refractivity contribution in [2.24, 2.45) is 0 Å². The highest BCUT2D eigenvalue weighted by atomic mass is 32.2. The highest BCUT2D eigenvalue weighted by Gasteiger charge is 2.23. The minimum Gasteiger partial charge on any atom is -0.207 e. The van der Waals surface area contributed by atoms with Gasteiger partial charge >= 0.3 is 0 Å². The van der Waals surface area contributed by atoms with Gasteiger partial charge in [-0.2, -0.15) is 4.31 Å². The molecule has 0 amide bonds. The zero-order valence-electron chi connectivity index (χ0n) is 13.1. The minimum atomic E-state index is -3.61. The van der Waals surface area contributed by atoms with E-state index in [1.165, 1.54) is 15.3 Å². The highest BCUT2D eigenvalue weighted by Crippen LogP contribution is 2.20. The lowest BCUT2D eigenvalue weighted by atomic mass is 10.2. The van der Waals surface area contributed by atoms with E-state index in [1.54, 1.807) is 24.3 Å². The number of nitrogens with zero attached hydrogens (tertiary/aromatic N) is 5. The van der Waals surface area contributed by atoms with Gasteiger partial charge in [-0.25, -0.2) is 13.1 Å². The first-order chi connectivity index (χ1) is 11.6. The van der Waals surface area contributed by atoms with E-state index in [2.05, 4.69) is 15.5 Å². The van der Waals surface area contributed by atoms with E-state index in [9.17, 15) is 8.42 Å². The van der Waals surface area contributed by atoms with E-state index in [1.807, 2.05) is 37.3 Å². The van der Waals surface area contributed by atoms with Crippen LogP contribution in [-0.4, -0.2) is 39.5 Å². The number of benzene rings is 2. The van der Waals surface area contributed by atoms with E-state index in [4.69, 9.17) is 0 Å². The van der Waals surface area contributed by atoms with Gasteiger partial charge in [-0.05, 0) is 34.2 Å². The molecule has 0 aliphatic carbocycles. The molecule has 0 saturated heterocycles. The second-order valence-electron chi connectivity index (χ2n) is 5.17. The molecule has 0 spiro atoms. The summed E-state index contributed by atoms with van der Waals surface area (Å²) < 4.78 is 28.8. The molecule has 0 atom stereocenters. The van der Waals surface area contributed by atoms with E-state index >= 15 is 0 Å².